The van der Waals surface area contributed by atoms with Crippen molar-refractivity contribution in [1.82, 2.24) is 0 Å². The summed E-state index contributed by atoms with van der Waals surface area (Å²) in [6.45, 7) is 2.34. The third-order valence-corrected chi connectivity index (χ3v) is 7.69. The van der Waals surface area contributed by atoms with Crippen LogP contribution in [-0.2, 0) is 4.79 Å². The largest absolute Gasteiger partial charge is 0.393 e. The molecule has 0 bridgehead atoms. The predicted octanol–water partition coefficient (Wildman–Crippen LogP) is 3.57. The first-order valence-corrected chi connectivity index (χ1v) is 8.82. The Morgan fingerprint density at radius 1 is 1.00 bits per heavy atom. The molecule has 2 nitrogen and oxygen atoms in total. The average molecular weight is 276 g/mol. The van der Waals surface area contributed by atoms with Crippen LogP contribution in [0.5, 0.6) is 0 Å². The van der Waals surface area contributed by atoms with Gasteiger partial charge in [-0.15, -0.1) is 0 Å². The summed E-state index contributed by atoms with van der Waals surface area (Å²) in [5.41, 5.74) is 0.187. The molecule has 5 unspecified atom stereocenters. The van der Waals surface area contributed by atoms with Crippen LogP contribution in [0, 0.1) is 35.0 Å². The lowest BCUT2D eigenvalue weighted by molar-refractivity contribution is -0.136. The number of fused-ring (bicyclic) bond motifs is 5. The number of ketones is 1. The van der Waals surface area contributed by atoms with Gasteiger partial charge in [0.25, 0.3) is 0 Å². The second-order valence-electron chi connectivity index (χ2n) is 8.28. The van der Waals surface area contributed by atoms with E-state index in [1.54, 1.807) is 0 Å². The van der Waals surface area contributed by atoms with Crippen LogP contribution in [0.3, 0.4) is 0 Å². The fraction of sp³-hybridized carbons (Fsp3) is 0.944. The minimum Gasteiger partial charge on any atom is -0.393 e. The van der Waals surface area contributed by atoms with Gasteiger partial charge in [-0.25, -0.2) is 0 Å². The maximum atomic E-state index is 12.2. The van der Waals surface area contributed by atoms with Gasteiger partial charge in [0.15, 0.2) is 0 Å². The molecule has 4 rings (SSSR count). The zero-order chi connectivity index (χ0) is 13.9. The van der Waals surface area contributed by atoms with Crippen molar-refractivity contribution in [2.24, 2.45) is 35.0 Å². The summed E-state index contributed by atoms with van der Waals surface area (Å²) in [5, 5.41) is 10.4. The number of carbonyl (C=O) groups is 1. The fourth-order valence-corrected chi connectivity index (χ4v) is 6.63. The third-order valence-electron chi connectivity index (χ3n) is 7.69. The van der Waals surface area contributed by atoms with Gasteiger partial charge in [0.1, 0.15) is 5.78 Å². The van der Waals surface area contributed by atoms with Gasteiger partial charge in [-0.3, -0.25) is 4.79 Å². The molecule has 1 N–H and O–H groups in total. The molecule has 7 atom stereocenters. The summed E-state index contributed by atoms with van der Waals surface area (Å²) in [6, 6.07) is 0. The minimum atomic E-state index is -0.0702. The Balaban J connectivity index is 1.61. The molecule has 2 heteroatoms. The highest BCUT2D eigenvalue weighted by molar-refractivity contribution is 5.82. The number of carbonyl (C=O) groups excluding carboxylic acids is 1. The lowest BCUT2D eigenvalue weighted by Crippen LogP contribution is -2.50. The van der Waals surface area contributed by atoms with Crippen molar-refractivity contribution in [3.8, 4) is 0 Å². The molecule has 20 heavy (non-hydrogen) atoms. The molecule has 4 fully saturated rings. The van der Waals surface area contributed by atoms with E-state index in [1.165, 1.54) is 32.1 Å². The van der Waals surface area contributed by atoms with Crippen LogP contribution in [0.15, 0.2) is 0 Å². The fourth-order valence-electron chi connectivity index (χ4n) is 6.63. The van der Waals surface area contributed by atoms with E-state index in [9.17, 15) is 9.90 Å². The highest BCUT2D eigenvalue weighted by atomic mass is 16.3. The van der Waals surface area contributed by atoms with Gasteiger partial charge >= 0.3 is 0 Å². The summed E-state index contributed by atoms with van der Waals surface area (Å²) in [5.74, 6) is 3.99. The van der Waals surface area contributed by atoms with E-state index in [1.807, 2.05) is 0 Å². The minimum absolute atomic E-state index is 0.0702. The zero-order valence-corrected chi connectivity index (χ0v) is 12.7. The van der Waals surface area contributed by atoms with Crippen LogP contribution >= 0.6 is 0 Å². The van der Waals surface area contributed by atoms with E-state index in [0.717, 1.165) is 43.4 Å². The molecule has 4 saturated carbocycles. The first-order chi connectivity index (χ1) is 9.61. The molecule has 0 aromatic rings. The second kappa shape index (κ2) is 4.56. The molecule has 0 aromatic heterocycles. The second-order valence-corrected chi connectivity index (χ2v) is 8.28. The van der Waals surface area contributed by atoms with Gasteiger partial charge in [0.05, 0.1) is 6.10 Å². The summed E-state index contributed by atoms with van der Waals surface area (Å²) >= 11 is 0. The molecule has 4 aliphatic rings. The summed E-state index contributed by atoms with van der Waals surface area (Å²) in [4.78, 5) is 12.2. The normalized spacial score (nSPS) is 55.0. The Labute approximate surface area is 122 Å². The lowest BCUT2D eigenvalue weighted by Gasteiger charge is -2.54. The van der Waals surface area contributed by atoms with Crippen molar-refractivity contribution in [1.29, 1.82) is 0 Å². The van der Waals surface area contributed by atoms with Gasteiger partial charge in [-0.1, -0.05) is 6.92 Å². The topological polar surface area (TPSA) is 37.3 Å². The van der Waals surface area contributed by atoms with Crippen LogP contribution in [0.4, 0.5) is 0 Å². The van der Waals surface area contributed by atoms with Crippen molar-refractivity contribution in [2.45, 2.75) is 70.8 Å². The highest BCUT2D eigenvalue weighted by Crippen LogP contribution is 2.62. The van der Waals surface area contributed by atoms with Crippen molar-refractivity contribution < 1.29 is 9.90 Å². The van der Waals surface area contributed by atoms with E-state index in [-0.39, 0.29) is 11.5 Å². The monoisotopic (exact) mass is 276 g/mol. The maximum absolute atomic E-state index is 12.2. The SMILES string of the molecule is CC12CCC3C(CC[C@@H]4C(=O)CCCC34)C1CC[C@@H]2O. The summed E-state index contributed by atoms with van der Waals surface area (Å²) in [7, 11) is 0. The number of hydrogen-bond donors (Lipinski definition) is 1. The van der Waals surface area contributed by atoms with Gasteiger partial charge in [-0.05, 0) is 80.5 Å². The smallest absolute Gasteiger partial charge is 0.136 e. The van der Waals surface area contributed by atoms with Crippen LogP contribution < -0.4 is 0 Å². The van der Waals surface area contributed by atoms with Gasteiger partial charge in [0, 0.05) is 12.3 Å². The average Bonchev–Trinajstić information content (AvgIpc) is 2.75. The zero-order valence-electron chi connectivity index (χ0n) is 12.7. The number of rotatable bonds is 0. The number of aliphatic hydroxyl groups is 1. The van der Waals surface area contributed by atoms with Gasteiger partial charge in [-0.2, -0.15) is 0 Å². The Bertz CT molecular complexity index is 418. The molecule has 0 spiro atoms. The first kappa shape index (κ1) is 13.3. The number of aliphatic hydroxyl groups excluding tert-OH is 1. The Hall–Kier alpha value is -0.370. The molecule has 0 saturated heterocycles. The molecule has 0 radical (unpaired) electrons. The molecular formula is C18H28O2. The van der Waals surface area contributed by atoms with E-state index in [4.69, 9.17) is 0 Å². The van der Waals surface area contributed by atoms with Crippen molar-refractivity contribution in [3.05, 3.63) is 0 Å². The molecular weight excluding hydrogens is 248 g/mol. The van der Waals surface area contributed by atoms with Gasteiger partial charge in [0.2, 0.25) is 0 Å². The standard InChI is InChI=1S/C18H28O2/c1-18-10-9-12-11-3-2-4-16(19)14(11)6-5-13(12)15(18)7-8-17(18)20/h11-15,17,20H,2-10H2,1H3/t11?,12?,13?,14-,15?,17-,18?/m0/s1. The summed E-state index contributed by atoms with van der Waals surface area (Å²) in [6.07, 6.45) is 10.3. The molecule has 112 valence electrons. The quantitative estimate of drug-likeness (QED) is 0.734. The number of Topliss-reactive ketones (excluding diaryl/α,β-unsaturated/α-hetero) is 1. The maximum Gasteiger partial charge on any atom is 0.136 e. The van der Waals surface area contributed by atoms with Crippen LogP contribution in [0.1, 0.15) is 64.7 Å². The number of hydrogen-bond acceptors (Lipinski definition) is 2. The van der Waals surface area contributed by atoms with Crippen LogP contribution in [-0.4, -0.2) is 17.0 Å². The Kier molecular flexibility index (Phi) is 3.03. The van der Waals surface area contributed by atoms with E-state index >= 15 is 0 Å². The molecule has 0 aromatic carbocycles. The van der Waals surface area contributed by atoms with Crippen molar-refractivity contribution >= 4 is 5.78 Å². The van der Waals surface area contributed by atoms with Crippen molar-refractivity contribution in [2.75, 3.05) is 0 Å². The van der Waals surface area contributed by atoms with Gasteiger partial charge < -0.3 is 5.11 Å². The van der Waals surface area contributed by atoms with Crippen molar-refractivity contribution in [3.63, 3.8) is 0 Å². The van der Waals surface area contributed by atoms with Crippen LogP contribution in [0.25, 0.3) is 0 Å². The lowest BCUT2D eigenvalue weighted by atomic mass is 9.50. The van der Waals surface area contributed by atoms with E-state index in [0.29, 0.717) is 17.6 Å². The molecule has 0 heterocycles. The van der Waals surface area contributed by atoms with E-state index in [2.05, 4.69) is 6.92 Å². The molecule has 4 aliphatic carbocycles. The Morgan fingerprint density at radius 2 is 1.85 bits per heavy atom. The Morgan fingerprint density at radius 3 is 2.70 bits per heavy atom. The molecule has 0 amide bonds. The first-order valence-electron chi connectivity index (χ1n) is 8.82. The molecule has 0 aliphatic heterocycles. The summed E-state index contributed by atoms with van der Waals surface area (Å²) < 4.78 is 0. The van der Waals surface area contributed by atoms with E-state index < -0.39 is 0 Å². The third kappa shape index (κ3) is 1.70. The van der Waals surface area contributed by atoms with Crippen LogP contribution in [0.2, 0.25) is 0 Å². The predicted molar refractivity (Wildman–Crippen MR) is 78.1 cm³/mol. The highest BCUT2D eigenvalue weighted by Gasteiger charge is 2.57.